The van der Waals surface area contributed by atoms with Gasteiger partial charge in [0.25, 0.3) is 5.69 Å². The summed E-state index contributed by atoms with van der Waals surface area (Å²) in [5.74, 6) is 0. The third kappa shape index (κ3) is 2.22. The van der Waals surface area contributed by atoms with E-state index in [1.807, 2.05) is 0 Å². The van der Waals surface area contributed by atoms with E-state index in [1.165, 1.54) is 28.6 Å². The zero-order valence-electron chi connectivity index (χ0n) is 9.52. The molecule has 1 aromatic carbocycles. The Morgan fingerprint density at radius 2 is 2.06 bits per heavy atom. The van der Waals surface area contributed by atoms with Crippen molar-refractivity contribution in [2.75, 3.05) is 13.1 Å². The molecule has 18 heavy (non-hydrogen) atoms. The molecule has 1 atom stereocenters. The average Bonchev–Trinajstić information content (AvgIpc) is 2.76. The maximum atomic E-state index is 12.3. The fraction of sp³-hybridized carbons (Fsp3) is 0.400. The fourth-order valence-corrected chi connectivity index (χ4v) is 3.61. The first-order valence-corrected chi connectivity index (χ1v) is 6.86. The highest BCUT2D eigenvalue weighted by atomic mass is 32.2. The van der Waals surface area contributed by atoms with Gasteiger partial charge in [0.15, 0.2) is 4.90 Å². The van der Waals surface area contributed by atoms with E-state index < -0.39 is 20.6 Å². The summed E-state index contributed by atoms with van der Waals surface area (Å²) in [4.78, 5) is 9.88. The van der Waals surface area contributed by atoms with Crippen LogP contribution in [-0.4, -0.2) is 36.8 Å². The zero-order valence-corrected chi connectivity index (χ0v) is 10.3. The van der Waals surface area contributed by atoms with Gasteiger partial charge >= 0.3 is 0 Å². The first-order valence-electron chi connectivity index (χ1n) is 5.42. The number of para-hydroxylation sites is 1. The Balaban J connectivity index is 2.45. The molecule has 1 aromatic rings. The van der Waals surface area contributed by atoms with Gasteiger partial charge in [-0.15, -0.1) is 0 Å². The van der Waals surface area contributed by atoms with Crippen LogP contribution < -0.4 is 5.73 Å². The van der Waals surface area contributed by atoms with Crippen LogP contribution in [0.2, 0.25) is 0 Å². The van der Waals surface area contributed by atoms with Gasteiger partial charge in [-0.25, -0.2) is 8.42 Å². The summed E-state index contributed by atoms with van der Waals surface area (Å²) in [5, 5.41) is 10.8. The SMILES string of the molecule is NC1CCN(S(=O)(=O)c2ccccc2[N+](=O)[O-])C1. The van der Waals surface area contributed by atoms with Crippen molar-refractivity contribution >= 4 is 15.7 Å². The maximum absolute atomic E-state index is 12.3. The second-order valence-corrected chi connectivity index (χ2v) is 6.04. The Morgan fingerprint density at radius 3 is 2.61 bits per heavy atom. The van der Waals surface area contributed by atoms with Gasteiger partial charge in [0.2, 0.25) is 10.0 Å². The van der Waals surface area contributed by atoms with Gasteiger partial charge in [0.1, 0.15) is 0 Å². The standard InChI is InChI=1S/C10H13N3O4S/c11-8-5-6-12(7-8)18(16,17)10-4-2-1-3-9(10)13(14)15/h1-4,8H,5-7,11H2. The smallest absolute Gasteiger partial charge is 0.289 e. The molecule has 7 nitrogen and oxygen atoms in total. The summed E-state index contributed by atoms with van der Waals surface area (Å²) in [6.07, 6.45) is 0.569. The number of nitro groups is 1. The number of nitrogens with zero attached hydrogens (tertiary/aromatic N) is 2. The average molecular weight is 271 g/mol. The Hall–Kier alpha value is -1.51. The van der Waals surface area contributed by atoms with E-state index in [4.69, 9.17) is 5.73 Å². The molecule has 1 saturated heterocycles. The molecule has 1 fully saturated rings. The van der Waals surface area contributed by atoms with E-state index in [1.54, 1.807) is 0 Å². The van der Waals surface area contributed by atoms with Gasteiger partial charge in [0, 0.05) is 25.2 Å². The second-order valence-electron chi connectivity index (χ2n) is 4.14. The van der Waals surface area contributed by atoms with Crippen LogP contribution in [0.3, 0.4) is 0 Å². The highest BCUT2D eigenvalue weighted by Crippen LogP contribution is 2.27. The summed E-state index contributed by atoms with van der Waals surface area (Å²) in [6, 6.07) is 5.13. The van der Waals surface area contributed by atoms with Gasteiger partial charge in [-0.3, -0.25) is 10.1 Å². The van der Waals surface area contributed by atoms with Gasteiger partial charge in [-0.1, -0.05) is 12.1 Å². The van der Waals surface area contributed by atoms with Crippen LogP contribution in [0.1, 0.15) is 6.42 Å². The molecule has 8 heteroatoms. The van der Waals surface area contributed by atoms with Crippen molar-refractivity contribution in [2.45, 2.75) is 17.4 Å². The normalized spacial score (nSPS) is 21.1. The molecule has 1 unspecified atom stereocenters. The Morgan fingerprint density at radius 1 is 1.39 bits per heavy atom. The largest absolute Gasteiger partial charge is 0.326 e. The Bertz CT molecular complexity index is 572. The number of benzene rings is 1. The predicted molar refractivity (Wildman–Crippen MR) is 64.4 cm³/mol. The van der Waals surface area contributed by atoms with E-state index in [0.717, 1.165) is 0 Å². The van der Waals surface area contributed by atoms with Crippen LogP contribution in [0, 0.1) is 10.1 Å². The molecule has 1 heterocycles. The molecule has 0 bridgehead atoms. The summed E-state index contributed by atoms with van der Waals surface area (Å²) < 4.78 is 25.7. The van der Waals surface area contributed by atoms with Crippen LogP contribution in [0.15, 0.2) is 29.2 Å². The summed E-state index contributed by atoms with van der Waals surface area (Å²) in [5.41, 5.74) is 5.25. The molecular weight excluding hydrogens is 258 g/mol. The number of nitrogens with two attached hydrogens (primary N) is 1. The van der Waals surface area contributed by atoms with Crippen molar-refractivity contribution in [1.82, 2.24) is 4.31 Å². The topological polar surface area (TPSA) is 107 Å². The van der Waals surface area contributed by atoms with E-state index in [0.29, 0.717) is 13.0 Å². The summed E-state index contributed by atoms with van der Waals surface area (Å²) in [7, 11) is -3.84. The number of nitro benzene ring substituents is 1. The molecular formula is C10H13N3O4S. The van der Waals surface area contributed by atoms with Crippen LogP contribution in [0.4, 0.5) is 5.69 Å². The number of hydrogen-bond donors (Lipinski definition) is 1. The van der Waals surface area contributed by atoms with Crippen LogP contribution >= 0.6 is 0 Å². The van der Waals surface area contributed by atoms with Crippen molar-refractivity contribution in [1.29, 1.82) is 0 Å². The first-order chi connectivity index (χ1) is 8.43. The van der Waals surface area contributed by atoms with Crippen LogP contribution in [0.25, 0.3) is 0 Å². The molecule has 0 aliphatic carbocycles. The van der Waals surface area contributed by atoms with Gasteiger partial charge < -0.3 is 5.73 Å². The minimum Gasteiger partial charge on any atom is -0.326 e. The molecule has 1 aliphatic heterocycles. The van der Waals surface area contributed by atoms with Crippen molar-refractivity contribution in [2.24, 2.45) is 5.73 Å². The molecule has 2 rings (SSSR count). The monoisotopic (exact) mass is 271 g/mol. The third-order valence-electron chi connectivity index (χ3n) is 2.87. The van der Waals surface area contributed by atoms with E-state index in [2.05, 4.69) is 0 Å². The lowest BCUT2D eigenvalue weighted by Gasteiger charge is -2.15. The molecule has 0 amide bonds. The highest BCUT2D eigenvalue weighted by Gasteiger charge is 2.35. The molecule has 1 aliphatic rings. The predicted octanol–water partition coefficient (Wildman–Crippen LogP) is 0.316. The minimum absolute atomic E-state index is 0.203. The van der Waals surface area contributed by atoms with Gasteiger partial charge in [-0.05, 0) is 12.5 Å². The van der Waals surface area contributed by atoms with Crippen molar-refractivity contribution < 1.29 is 13.3 Å². The zero-order chi connectivity index (χ0) is 13.3. The maximum Gasteiger partial charge on any atom is 0.289 e. The Labute approximate surface area is 104 Å². The van der Waals surface area contributed by atoms with Crippen molar-refractivity contribution in [3.8, 4) is 0 Å². The van der Waals surface area contributed by atoms with Crippen molar-refractivity contribution in [3.63, 3.8) is 0 Å². The number of hydrogen-bond acceptors (Lipinski definition) is 5. The van der Waals surface area contributed by atoms with Gasteiger partial charge in [0.05, 0.1) is 4.92 Å². The highest BCUT2D eigenvalue weighted by molar-refractivity contribution is 7.89. The van der Waals surface area contributed by atoms with Crippen molar-refractivity contribution in [3.05, 3.63) is 34.4 Å². The molecule has 98 valence electrons. The molecule has 0 radical (unpaired) electrons. The number of rotatable bonds is 3. The van der Waals surface area contributed by atoms with E-state index >= 15 is 0 Å². The molecule has 0 aromatic heterocycles. The second kappa shape index (κ2) is 4.63. The number of sulfonamides is 1. The van der Waals surface area contributed by atoms with Gasteiger partial charge in [-0.2, -0.15) is 4.31 Å². The molecule has 0 spiro atoms. The lowest BCUT2D eigenvalue weighted by Crippen LogP contribution is -2.32. The van der Waals surface area contributed by atoms with Crippen LogP contribution in [-0.2, 0) is 10.0 Å². The first kappa shape index (κ1) is 12.9. The summed E-state index contributed by atoms with van der Waals surface area (Å²) in [6.45, 7) is 0.504. The van der Waals surface area contributed by atoms with E-state index in [9.17, 15) is 18.5 Å². The quantitative estimate of drug-likeness (QED) is 0.629. The minimum atomic E-state index is -3.84. The Kier molecular flexibility index (Phi) is 3.33. The molecule has 2 N–H and O–H groups in total. The molecule has 0 saturated carbocycles. The lowest BCUT2D eigenvalue weighted by atomic mass is 10.3. The lowest BCUT2D eigenvalue weighted by molar-refractivity contribution is -0.387. The van der Waals surface area contributed by atoms with Crippen LogP contribution in [0.5, 0.6) is 0 Å². The van der Waals surface area contributed by atoms with E-state index in [-0.39, 0.29) is 17.5 Å². The summed E-state index contributed by atoms with van der Waals surface area (Å²) >= 11 is 0. The third-order valence-corrected chi connectivity index (χ3v) is 4.78. The fourth-order valence-electron chi connectivity index (χ4n) is 1.94.